The van der Waals surface area contributed by atoms with E-state index < -0.39 is 0 Å². The maximum absolute atomic E-state index is 12.3. The van der Waals surface area contributed by atoms with Crippen LogP contribution in [0.25, 0.3) is 0 Å². The Morgan fingerprint density at radius 2 is 1.86 bits per heavy atom. The van der Waals surface area contributed by atoms with E-state index in [4.69, 9.17) is 23.2 Å². The average Bonchev–Trinajstić information content (AvgIpc) is 3.00. The summed E-state index contributed by atoms with van der Waals surface area (Å²) in [6.07, 6.45) is 0. The van der Waals surface area contributed by atoms with Crippen LogP contribution in [0.2, 0.25) is 10.0 Å². The minimum Gasteiger partial charge on any atom is -0.351 e. The zero-order chi connectivity index (χ0) is 20.8. The lowest BCUT2D eigenvalue weighted by molar-refractivity contribution is 0.0956. The number of amides is 1. The molecule has 0 unspecified atom stereocenters. The molecule has 0 saturated heterocycles. The molecule has 0 fully saturated rings. The fraction of sp³-hybridized carbons (Fsp3) is 0.273. The van der Waals surface area contributed by atoms with Crippen molar-refractivity contribution in [1.29, 1.82) is 0 Å². The van der Waals surface area contributed by atoms with Gasteiger partial charge in [0.15, 0.2) is 0 Å². The molecule has 0 radical (unpaired) electrons. The van der Waals surface area contributed by atoms with E-state index in [0.29, 0.717) is 28.7 Å². The molecule has 2 aromatic carbocycles. The van der Waals surface area contributed by atoms with Crippen molar-refractivity contribution in [3.8, 4) is 0 Å². The number of rotatable bonds is 8. The number of hydrogen-bond acceptors (Lipinski definition) is 3. The molecule has 29 heavy (non-hydrogen) atoms. The van der Waals surface area contributed by atoms with Gasteiger partial charge < -0.3 is 5.32 Å². The van der Waals surface area contributed by atoms with E-state index in [1.807, 2.05) is 54.9 Å². The van der Waals surface area contributed by atoms with Crippen LogP contribution in [0.5, 0.6) is 0 Å². The first-order valence-electron chi connectivity index (χ1n) is 9.32. The molecule has 4 nitrogen and oxygen atoms in total. The second-order valence-corrected chi connectivity index (χ2v) is 8.77. The minimum atomic E-state index is -0.0622. The van der Waals surface area contributed by atoms with Gasteiger partial charge in [-0.15, -0.1) is 0 Å². The van der Waals surface area contributed by atoms with Crippen molar-refractivity contribution < 1.29 is 4.79 Å². The highest BCUT2D eigenvalue weighted by Crippen LogP contribution is 2.24. The van der Waals surface area contributed by atoms with Crippen molar-refractivity contribution in [1.82, 2.24) is 15.1 Å². The topological polar surface area (TPSA) is 46.9 Å². The molecule has 1 heterocycles. The fourth-order valence-electron chi connectivity index (χ4n) is 2.93. The summed E-state index contributed by atoms with van der Waals surface area (Å²) in [7, 11) is 0. The summed E-state index contributed by atoms with van der Waals surface area (Å²) in [6, 6.07) is 15.2. The van der Waals surface area contributed by atoms with Crippen LogP contribution in [0.1, 0.15) is 32.9 Å². The molecule has 1 aromatic heterocycles. The summed E-state index contributed by atoms with van der Waals surface area (Å²) in [4.78, 5) is 12.3. The number of nitrogens with zero attached hydrogens (tertiary/aromatic N) is 2. The standard InChI is InChI=1S/C22H23Cl2N3OS/c1-15-11-16(2)27(26-15)13-17-3-5-18(6-4-17)22(28)25-9-10-29-14-19-7-8-20(23)12-21(19)24/h3-8,11-12H,9-10,13-14H2,1-2H3,(H,25,28). The summed E-state index contributed by atoms with van der Waals surface area (Å²) in [5.41, 5.74) is 4.96. The lowest BCUT2D eigenvalue weighted by atomic mass is 10.1. The summed E-state index contributed by atoms with van der Waals surface area (Å²) in [6.45, 7) is 5.33. The predicted molar refractivity (Wildman–Crippen MR) is 122 cm³/mol. The number of benzene rings is 2. The zero-order valence-electron chi connectivity index (χ0n) is 16.4. The van der Waals surface area contributed by atoms with Crippen LogP contribution in [0, 0.1) is 13.8 Å². The molecule has 3 rings (SSSR count). The smallest absolute Gasteiger partial charge is 0.251 e. The third kappa shape index (κ3) is 6.26. The third-order valence-corrected chi connectivity index (χ3v) is 6.05. The number of carbonyl (C=O) groups excluding carboxylic acids is 1. The van der Waals surface area contributed by atoms with Crippen LogP contribution in [0.3, 0.4) is 0 Å². The lowest BCUT2D eigenvalue weighted by Gasteiger charge is -2.08. The maximum Gasteiger partial charge on any atom is 0.251 e. The Labute approximate surface area is 185 Å². The van der Waals surface area contributed by atoms with Gasteiger partial charge in [-0.3, -0.25) is 9.48 Å². The molecule has 0 spiro atoms. The van der Waals surface area contributed by atoms with E-state index in [2.05, 4.69) is 16.5 Å². The number of thioether (sulfide) groups is 1. The molecule has 0 atom stereocenters. The second kappa shape index (κ2) is 10.2. The van der Waals surface area contributed by atoms with Gasteiger partial charge in [-0.1, -0.05) is 41.4 Å². The Morgan fingerprint density at radius 3 is 2.52 bits per heavy atom. The Kier molecular flexibility index (Phi) is 7.64. The predicted octanol–water partition coefficient (Wildman–Crippen LogP) is 5.52. The Hall–Kier alpha value is -1.95. The van der Waals surface area contributed by atoms with Crippen molar-refractivity contribution in [3.63, 3.8) is 0 Å². The van der Waals surface area contributed by atoms with Crippen molar-refractivity contribution >= 4 is 40.9 Å². The van der Waals surface area contributed by atoms with E-state index in [9.17, 15) is 4.79 Å². The number of halogens is 2. The monoisotopic (exact) mass is 447 g/mol. The minimum absolute atomic E-state index is 0.0622. The van der Waals surface area contributed by atoms with E-state index in [1.54, 1.807) is 17.8 Å². The Balaban J connectivity index is 1.43. The molecule has 1 N–H and O–H groups in total. The highest BCUT2D eigenvalue weighted by Gasteiger charge is 2.07. The molecular formula is C22H23Cl2N3OS. The highest BCUT2D eigenvalue weighted by atomic mass is 35.5. The van der Waals surface area contributed by atoms with E-state index in [1.165, 1.54) is 0 Å². The van der Waals surface area contributed by atoms with Crippen molar-refractivity contribution in [2.75, 3.05) is 12.3 Å². The number of aromatic nitrogens is 2. The number of aryl methyl sites for hydroxylation is 2. The van der Waals surface area contributed by atoms with E-state index in [0.717, 1.165) is 34.0 Å². The van der Waals surface area contributed by atoms with Gasteiger partial charge >= 0.3 is 0 Å². The first-order chi connectivity index (χ1) is 13.9. The molecule has 0 aliphatic heterocycles. The third-order valence-electron chi connectivity index (χ3n) is 4.46. The average molecular weight is 448 g/mol. The van der Waals surface area contributed by atoms with Gasteiger partial charge in [0.25, 0.3) is 5.91 Å². The van der Waals surface area contributed by atoms with Crippen LogP contribution in [0.4, 0.5) is 0 Å². The van der Waals surface area contributed by atoms with Crippen LogP contribution in [-0.4, -0.2) is 28.0 Å². The number of hydrogen-bond donors (Lipinski definition) is 1. The van der Waals surface area contributed by atoms with Gasteiger partial charge in [0.05, 0.1) is 12.2 Å². The molecule has 0 aliphatic carbocycles. The summed E-state index contributed by atoms with van der Waals surface area (Å²) < 4.78 is 1.97. The molecule has 152 valence electrons. The van der Waals surface area contributed by atoms with Crippen molar-refractivity contribution in [2.24, 2.45) is 0 Å². The lowest BCUT2D eigenvalue weighted by Crippen LogP contribution is -2.25. The molecule has 7 heteroatoms. The summed E-state index contributed by atoms with van der Waals surface area (Å²) in [5.74, 6) is 1.53. The SMILES string of the molecule is Cc1cc(C)n(Cc2ccc(C(=O)NCCSCc3ccc(Cl)cc3Cl)cc2)n1. The first-order valence-corrected chi connectivity index (χ1v) is 11.2. The Morgan fingerprint density at radius 1 is 1.10 bits per heavy atom. The number of nitrogens with one attached hydrogen (secondary N) is 1. The van der Waals surface area contributed by atoms with Gasteiger partial charge in [0.1, 0.15) is 0 Å². The summed E-state index contributed by atoms with van der Waals surface area (Å²) >= 11 is 13.8. The van der Waals surface area contributed by atoms with E-state index >= 15 is 0 Å². The second-order valence-electron chi connectivity index (χ2n) is 6.83. The summed E-state index contributed by atoms with van der Waals surface area (Å²) in [5, 5.41) is 8.74. The molecule has 0 aliphatic rings. The fourth-order valence-corrected chi connectivity index (χ4v) is 4.35. The zero-order valence-corrected chi connectivity index (χ0v) is 18.7. The quantitative estimate of drug-likeness (QED) is 0.462. The van der Waals surface area contributed by atoms with E-state index in [-0.39, 0.29) is 5.91 Å². The Bertz CT molecular complexity index is 986. The van der Waals surface area contributed by atoms with Gasteiger partial charge in [0.2, 0.25) is 0 Å². The van der Waals surface area contributed by atoms with Crippen molar-refractivity contribution in [3.05, 3.63) is 86.7 Å². The van der Waals surface area contributed by atoms with Crippen LogP contribution < -0.4 is 5.32 Å². The van der Waals surface area contributed by atoms with Gasteiger partial charge in [-0.25, -0.2) is 0 Å². The molecule has 0 saturated carbocycles. The van der Waals surface area contributed by atoms with Crippen molar-refractivity contribution in [2.45, 2.75) is 26.1 Å². The normalized spacial score (nSPS) is 10.9. The van der Waals surface area contributed by atoms with Gasteiger partial charge in [-0.2, -0.15) is 16.9 Å². The van der Waals surface area contributed by atoms with Crippen LogP contribution in [-0.2, 0) is 12.3 Å². The van der Waals surface area contributed by atoms with Crippen LogP contribution in [0.15, 0.2) is 48.5 Å². The van der Waals surface area contributed by atoms with Gasteiger partial charge in [0, 0.05) is 39.4 Å². The largest absolute Gasteiger partial charge is 0.351 e. The van der Waals surface area contributed by atoms with Gasteiger partial charge in [-0.05, 0) is 55.3 Å². The number of carbonyl (C=O) groups is 1. The maximum atomic E-state index is 12.3. The van der Waals surface area contributed by atoms with Crippen LogP contribution >= 0.6 is 35.0 Å². The first kappa shape index (κ1) is 21.8. The highest BCUT2D eigenvalue weighted by molar-refractivity contribution is 7.98. The molecular weight excluding hydrogens is 425 g/mol. The molecule has 1 amide bonds. The molecule has 3 aromatic rings. The molecule has 0 bridgehead atoms.